The zero-order chi connectivity index (χ0) is 15.5. The van der Waals surface area contributed by atoms with E-state index in [1.54, 1.807) is 0 Å². The molecule has 1 aliphatic heterocycles. The lowest BCUT2D eigenvalue weighted by molar-refractivity contribution is -0.136. The van der Waals surface area contributed by atoms with Crippen LogP contribution in [0.3, 0.4) is 0 Å². The summed E-state index contributed by atoms with van der Waals surface area (Å²) in [6, 6.07) is 10.2. The summed E-state index contributed by atoms with van der Waals surface area (Å²) in [5.41, 5.74) is 0.618. The molecule has 4 heteroatoms. The molecule has 1 N–H and O–H groups in total. The molecule has 1 aromatic carbocycles. The van der Waals surface area contributed by atoms with Crippen molar-refractivity contribution in [1.82, 2.24) is 10.2 Å². The van der Waals surface area contributed by atoms with Crippen LogP contribution in [0.1, 0.15) is 45.8 Å². The summed E-state index contributed by atoms with van der Waals surface area (Å²) in [7, 11) is 0. The number of hydrogen-bond donors (Lipinski definition) is 1. The summed E-state index contributed by atoms with van der Waals surface area (Å²) in [6.45, 7) is 9.28. The minimum absolute atomic E-state index is 0.0449. The van der Waals surface area contributed by atoms with Gasteiger partial charge >= 0.3 is 0 Å². The summed E-state index contributed by atoms with van der Waals surface area (Å²) in [4.78, 5) is 14.8. The molecule has 1 saturated heterocycles. The van der Waals surface area contributed by atoms with Gasteiger partial charge < -0.3 is 9.64 Å². The van der Waals surface area contributed by atoms with E-state index in [0.717, 1.165) is 12.0 Å². The molecule has 0 spiro atoms. The van der Waals surface area contributed by atoms with Crippen LogP contribution in [0.15, 0.2) is 30.3 Å². The van der Waals surface area contributed by atoms with E-state index in [4.69, 9.17) is 4.74 Å². The fourth-order valence-corrected chi connectivity index (χ4v) is 2.79. The minimum Gasteiger partial charge on any atom is -0.380 e. The average molecular weight is 290 g/mol. The molecule has 2 rings (SSSR count). The lowest BCUT2D eigenvalue weighted by atomic mass is 9.99. The van der Waals surface area contributed by atoms with Crippen molar-refractivity contribution in [2.24, 2.45) is 0 Å². The second-order valence-corrected chi connectivity index (χ2v) is 5.86. The Morgan fingerprint density at radius 1 is 1.33 bits per heavy atom. The summed E-state index contributed by atoms with van der Waals surface area (Å²) in [5, 5.41) is 3.51. The first-order chi connectivity index (χ1) is 10.0. The zero-order valence-corrected chi connectivity index (χ0v) is 13.4. The van der Waals surface area contributed by atoms with Gasteiger partial charge in [0, 0.05) is 6.61 Å². The second kappa shape index (κ2) is 6.58. The van der Waals surface area contributed by atoms with Gasteiger partial charge in [-0.25, -0.2) is 0 Å². The van der Waals surface area contributed by atoms with Crippen LogP contribution in [0.2, 0.25) is 0 Å². The fourth-order valence-electron chi connectivity index (χ4n) is 2.79. The molecule has 4 nitrogen and oxygen atoms in total. The first-order valence-corrected chi connectivity index (χ1v) is 7.76. The molecule has 1 heterocycles. The Bertz CT molecular complexity index is 477. The Labute approximate surface area is 127 Å². The number of rotatable bonds is 6. The van der Waals surface area contributed by atoms with Gasteiger partial charge in [0.05, 0.1) is 18.2 Å². The van der Waals surface area contributed by atoms with Gasteiger partial charge in [-0.1, -0.05) is 37.3 Å². The van der Waals surface area contributed by atoms with E-state index >= 15 is 0 Å². The van der Waals surface area contributed by atoms with Crippen LogP contribution in [0.25, 0.3) is 0 Å². The predicted octanol–water partition coefficient (Wildman–Crippen LogP) is 2.71. The average Bonchev–Trinajstić information content (AvgIpc) is 2.78. The van der Waals surface area contributed by atoms with Crippen molar-refractivity contribution < 1.29 is 9.53 Å². The molecule has 116 valence electrons. The second-order valence-electron chi connectivity index (χ2n) is 5.86. The summed E-state index contributed by atoms with van der Waals surface area (Å²) >= 11 is 0. The number of amides is 1. The largest absolute Gasteiger partial charge is 0.380 e. The SMILES string of the molecule is CCOCC(C)N1C(=O)C(C)(CC)NC1c1ccccc1. The lowest BCUT2D eigenvalue weighted by Crippen LogP contribution is -2.45. The van der Waals surface area contributed by atoms with Gasteiger partial charge in [-0.05, 0) is 32.8 Å². The molecule has 0 bridgehead atoms. The van der Waals surface area contributed by atoms with Crippen LogP contribution >= 0.6 is 0 Å². The van der Waals surface area contributed by atoms with Crippen molar-refractivity contribution in [1.29, 1.82) is 0 Å². The van der Waals surface area contributed by atoms with E-state index in [1.165, 1.54) is 0 Å². The number of benzene rings is 1. The third-order valence-electron chi connectivity index (χ3n) is 4.30. The number of ether oxygens (including phenoxy) is 1. The molecule has 1 fully saturated rings. The van der Waals surface area contributed by atoms with Crippen LogP contribution in [0.4, 0.5) is 0 Å². The highest BCUT2D eigenvalue weighted by molar-refractivity contribution is 5.88. The van der Waals surface area contributed by atoms with Gasteiger partial charge in [0.15, 0.2) is 0 Å². The van der Waals surface area contributed by atoms with Crippen molar-refractivity contribution in [2.75, 3.05) is 13.2 Å². The molecule has 3 atom stereocenters. The third kappa shape index (κ3) is 3.11. The Morgan fingerprint density at radius 3 is 2.57 bits per heavy atom. The van der Waals surface area contributed by atoms with Crippen LogP contribution < -0.4 is 5.32 Å². The first kappa shape index (κ1) is 16.0. The number of nitrogens with zero attached hydrogens (tertiary/aromatic N) is 1. The first-order valence-electron chi connectivity index (χ1n) is 7.76. The summed E-state index contributed by atoms with van der Waals surface area (Å²) in [5.74, 6) is 0.158. The zero-order valence-electron chi connectivity index (χ0n) is 13.4. The monoisotopic (exact) mass is 290 g/mol. The number of nitrogens with one attached hydrogen (secondary N) is 1. The van der Waals surface area contributed by atoms with Crippen LogP contribution in [-0.2, 0) is 9.53 Å². The Kier molecular flexibility index (Phi) is 5.01. The molecular weight excluding hydrogens is 264 g/mol. The summed E-state index contributed by atoms with van der Waals surface area (Å²) < 4.78 is 5.52. The highest BCUT2D eigenvalue weighted by Gasteiger charge is 2.48. The lowest BCUT2D eigenvalue weighted by Gasteiger charge is -2.30. The molecule has 1 aliphatic rings. The Balaban J connectivity index is 2.30. The number of hydrogen-bond acceptors (Lipinski definition) is 3. The smallest absolute Gasteiger partial charge is 0.244 e. The maximum absolute atomic E-state index is 12.9. The third-order valence-corrected chi connectivity index (χ3v) is 4.30. The molecule has 0 aliphatic carbocycles. The minimum atomic E-state index is -0.499. The van der Waals surface area contributed by atoms with Crippen molar-refractivity contribution in [3.63, 3.8) is 0 Å². The highest BCUT2D eigenvalue weighted by Crippen LogP contribution is 2.34. The molecule has 21 heavy (non-hydrogen) atoms. The molecule has 0 radical (unpaired) electrons. The van der Waals surface area contributed by atoms with E-state index < -0.39 is 5.54 Å². The highest BCUT2D eigenvalue weighted by atomic mass is 16.5. The normalized spacial score (nSPS) is 27.1. The van der Waals surface area contributed by atoms with Crippen molar-refractivity contribution in [3.05, 3.63) is 35.9 Å². The molecular formula is C17H26N2O2. The maximum atomic E-state index is 12.9. The standard InChI is InChI=1S/C17H26N2O2/c1-5-17(4)16(20)19(13(3)12-21-6-2)15(18-17)14-10-8-7-9-11-14/h7-11,13,15,18H,5-6,12H2,1-4H3. The van der Waals surface area contributed by atoms with Crippen LogP contribution in [0.5, 0.6) is 0 Å². The Morgan fingerprint density at radius 2 is 2.00 bits per heavy atom. The van der Waals surface area contributed by atoms with E-state index in [0.29, 0.717) is 13.2 Å². The van der Waals surface area contributed by atoms with Gasteiger partial charge in [0.1, 0.15) is 6.17 Å². The van der Waals surface area contributed by atoms with Gasteiger partial charge in [0.2, 0.25) is 5.91 Å². The van der Waals surface area contributed by atoms with Crippen LogP contribution in [0, 0.1) is 0 Å². The van der Waals surface area contributed by atoms with Gasteiger partial charge in [-0.3, -0.25) is 10.1 Å². The quantitative estimate of drug-likeness (QED) is 0.876. The molecule has 1 aromatic rings. The molecule has 0 saturated carbocycles. The number of carbonyl (C=O) groups excluding carboxylic acids is 1. The Hall–Kier alpha value is -1.39. The van der Waals surface area contributed by atoms with E-state index in [1.807, 2.05) is 50.8 Å². The molecule has 0 aromatic heterocycles. The van der Waals surface area contributed by atoms with Crippen molar-refractivity contribution >= 4 is 5.91 Å². The molecule has 1 amide bonds. The summed E-state index contributed by atoms with van der Waals surface area (Å²) in [6.07, 6.45) is 0.687. The van der Waals surface area contributed by atoms with Gasteiger partial charge in [-0.15, -0.1) is 0 Å². The molecule has 3 unspecified atom stereocenters. The topological polar surface area (TPSA) is 41.6 Å². The fraction of sp³-hybridized carbons (Fsp3) is 0.588. The predicted molar refractivity (Wildman–Crippen MR) is 83.8 cm³/mol. The van der Waals surface area contributed by atoms with Crippen molar-refractivity contribution in [2.45, 2.75) is 51.9 Å². The van der Waals surface area contributed by atoms with Crippen LogP contribution in [-0.4, -0.2) is 35.6 Å². The van der Waals surface area contributed by atoms with E-state index in [9.17, 15) is 4.79 Å². The van der Waals surface area contributed by atoms with Gasteiger partial charge in [0.25, 0.3) is 0 Å². The van der Waals surface area contributed by atoms with E-state index in [2.05, 4.69) is 17.4 Å². The van der Waals surface area contributed by atoms with E-state index in [-0.39, 0.29) is 18.1 Å². The van der Waals surface area contributed by atoms with Gasteiger partial charge in [-0.2, -0.15) is 0 Å². The number of carbonyl (C=O) groups is 1. The maximum Gasteiger partial charge on any atom is 0.244 e. The van der Waals surface area contributed by atoms with Crippen molar-refractivity contribution in [3.8, 4) is 0 Å².